The van der Waals surface area contributed by atoms with Gasteiger partial charge in [0.25, 0.3) is 0 Å². The minimum Gasteiger partial charge on any atom is -0.336 e. The molecule has 0 spiro atoms. The summed E-state index contributed by atoms with van der Waals surface area (Å²) in [7, 11) is 0. The number of hydrogen-bond acceptors (Lipinski definition) is 1. The second-order valence-electron chi connectivity index (χ2n) is 7.04. The van der Waals surface area contributed by atoms with Gasteiger partial charge >= 0.3 is 0 Å². The first kappa shape index (κ1) is 14.9. The zero-order valence-corrected chi connectivity index (χ0v) is 13.2. The maximum absolute atomic E-state index is 12.9. The Morgan fingerprint density at radius 3 is 2.58 bits per heavy atom. The molecule has 1 heterocycles. The largest absolute Gasteiger partial charge is 0.336 e. The van der Waals surface area contributed by atoms with Crippen LogP contribution in [0.1, 0.15) is 72.6 Å². The summed E-state index contributed by atoms with van der Waals surface area (Å²) in [4.78, 5) is 15.3. The highest BCUT2D eigenvalue weighted by Gasteiger charge is 2.46. The molecule has 0 radical (unpaired) electrons. The third-order valence-corrected chi connectivity index (χ3v) is 5.27. The molecule has 1 aliphatic carbocycles. The van der Waals surface area contributed by atoms with Crippen molar-refractivity contribution >= 4 is 5.91 Å². The highest BCUT2D eigenvalue weighted by molar-refractivity contribution is 5.80. The molecule has 0 aromatic rings. The normalized spacial score (nSPS) is 31.8. The van der Waals surface area contributed by atoms with Gasteiger partial charge in [-0.2, -0.15) is 0 Å². The molecule has 1 amide bonds. The Morgan fingerprint density at radius 2 is 2.00 bits per heavy atom. The standard InChI is InChI=1S/C17H31NO/c1-5-13(10-12(3)4)17(19)18-15(6-2)11-14-8-7-9-16(14)18/h12-16H,5-11H2,1-4H3/t13?,14?,15-,16?/m1/s1. The van der Waals surface area contributed by atoms with Gasteiger partial charge in [0.15, 0.2) is 0 Å². The molecule has 4 atom stereocenters. The van der Waals surface area contributed by atoms with Crippen molar-refractivity contribution < 1.29 is 4.79 Å². The number of carbonyl (C=O) groups is 1. The molecule has 19 heavy (non-hydrogen) atoms. The van der Waals surface area contributed by atoms with Crippen LogP contribution in [0.5, 0.6) is 0 Å². The molecule has 2 heteroatoms. The molecule has 2 rings (SSSR count). The van der Waals surface area contributed by atoms with Gasteiger partial charge in [-0.3, -0.25) is 4.79 Å². The van der Waals surface area contributed by atoms with Crippen molar-refractivity contribution in [1.29, 1.82) is 0 Å². The Labute approximate surface area is 118 Å². The van der Waals surface area contributed by atoms with Crippen molar-refractivity contribution in [3.63, 3.8) is 0 Å². The lowest BCUT2D eigenvalue weighted by Crippen LogP contribution is -2.44. The summed E-state index contributed by atoms with van der Waals surface area (Å²) in [6, 6.07) is 1.11. The summed E-state index contributed by atoms with van der Waals surface area (Å²) < 4.78 is 0. The van der Waals surface area contributed by atoms with Gasteiger partial charge in [0.2, 0.25) is 5.91 Å². The molecule has 110 valence electrons. The predicted molar refractivity (Wildman–Crippen MR) is 79.9 cm³/mol. The molecular formula is C17H31NO. The maximum Gasteiger partial charge on any atom is 0.226 e. The van der Waals surface area contributed by atoms with Crippen LogP contribution >= 0.6 is 0 Å². The highest BCUT2D eigenvalue weighted by atomic mass is 16.2. The Bertz CT molecular complexity index is 312. The van der Waals surface area contributed by atoms with Crippen molar-refractivity contribution in [2.75, 3.05) is 0 Å². The topological polar surface area (TPSA) is 20.3 Å². The van der Waals surface area contributed by atoms with Crippen LogP contribution in [0.4, 0.5) is 0 Å². The zero-order chi connectivity index (χ0) is 14.0. The molecule has 2 nitrogen and oxygen atoms in total. The number of likely N-dealkylation sites (tertiary alicyclic amines) is 1. The van der Waals surface area contributed by atoms with Crippen molar-refractivity contribution in [3.8, 4) is 0 Å². The van der Waals surface area contributed by atoms with E-state index >= 15 is 0 Å². The van der Waals surface area contributed by atoms with Crippen LogP contribution in [0, 0.1) is 17.8 Å². The van der Waals surface area contributed by atoms with Crippen molar-refractivity contribution in [2.24, 2.45) is 17.8 Å². The van der Waals surface area contributed by atoms with Crippen LogP contribution < -0.4 is 0 Å². The summed E-state index contributed by atoms with van der Waals surface area (Å²) in [5.74, 6) is 2.16. The van der Waals surface area contributed by atoms with Gasteiger partial charge in [-0.25, -0.2) is 0 Å². The molecule has 0 aromatic carbocycles. The van der Waals surface area contributed by atoms with Gasteiger partial charge in [-0.05, 0) is 50.4 Å². The Kier molecular flexibility index (Phi) is 4.92. The smallest absolute Gasteiger partial charge is 0.226 e. The number of rotatable bonds is 5. The second kappa shape index (κ2) is 6.28. The molecule has 2 fully saturated rings. The Balaban J connectivity index is 2.10. The van der Waals surface area contributed by atoms with Crippen LogP contribution in [-0.2, 0) is 4.79 Å². The lowest BCUT2D eigenvalue weighted by molar-refractivity contribution is -0.139. The molecule has 0 aromatic heterocycles. The van der Waals surface area contributed by atoms with Crippen molar-refractivity contribution in [2.45, 2.75) is 84.7 Å². The number of carbonyl (C=O) groups excluding carboxylic acids is 1. The molecule has 3 unspecified atom stereocenters. The lowest BCUT2D eigenvalue weighted by atomic mass is 9.92. The first-order valence-electron chi connectivity index (χ1n) is 8.40. The Hall–Kier alpha value is -0.530. The first-order chi connectivity index (χ1) is 9.08. The van der Waals surface area contributed by atoms with E-state index in [2.05, 4.69) is 32.6 Å². The first-order valence-corrected chi connectivity index (χ1v) is 8.40. The average Bonchev–Trinajstić information content (AvgIpc) is 2.94. The monoisotopic (exact) mass is 265 g/mol. The predicted octanol–water partition coefficient (Wildman–Crippen LogP) is 4.24. The van der Waals surface area contributed by atoms with E-state index in [0.717, 1.165) is 25.2 Å². The van der Waals surface area contributed by atoms with E-state index in [1.807, 2.05) is 0 Å². The minimum atomic E-state index is 0.258. The summed E-state index contributed by atoms with van der Waals surface area (Å²) in [5, 5.41) is 0. The molecule has 1 saturated heterocycles. The quantitative estimate of drug-likeness (QED) is 0.728. The summed E-state index contributed by atoms with van der Waals surface area (Å²) in [6.07, 6.45) is 8.40. The average molecular weight is 265 g/mol. The van der Waals surface area contributed by atoms with Crippen LogP contribution in [0.2, 0.25) is 0 Å². The summed E-state index contributed by atoms with van der Waals surface area (Å²) in [6.45, 7) is 8.88. The number of fused-ring (bicyclic) bond motifs is 1. The van der Waals surface area contributed by atoms with Gasteiger partial charge in [0.1, 0.15) is 0 Å². The SMILES string of the molecule is CCC(CC(C)C)C(=O)N1C2CCCC2C[C@H]1CC. The van der Waals surface area contributed by atoms with Crippen molar-refractivity contribution in [1.82, 2.24) is 4.90 Å². The van der Waals surface area contributed by atoms with Gasteiger partial charge in [-0.1, -0.05) is 34.1 Å². The third-order valence-electron chi connectivity index (χ3n) is 5.27. The molecular weight excluding hydrogens is 234 g/mol. The summed E-state index contributed by atoms with van der Waals surface area (Å²) >= 11 is 0. The zero-order valence-electron chi connectivity index (χ0n) is 13.2. The number of amides is 1. The van der Waals surface area contributed by atoms with E-state index in [9.17, 15) is 4.79 Å². The Morgan fingerprint density at radius 1 is 1.26 bits per heavy atom. The second-order valence-corrected chi connectivity index (χ2v) is 7.04. The fourth-order valence-electron chi connectivity index (χ4n) is 4.32. The van der Waals surface area contributed by atoms with Gasteiger partial charge < -0.3 is 4.90 Å². The van der Waals surface area contributed by atoms with E-state index in [-0.39, 0.29) is 5.92 Å². The van der Waals surface area contributed by atoms with E-state index in [1.165, 1.54) is 25.7 Å². The van der Waals surface area contributed by atoms with Crippen LogP contribution in [0.3, 0.4) is 0 Å². The van der Waals surface area contributed by atoms with Crippen LogP contribution in [0.25, 0.3) is 0 Å². The third kappa shape index (κ3) is 2.98. The van der Waals surface area contributed by atoms with Gasteiger partial charge in [-0.15, -0.1) is 0 Å². The fourth-order valence-corrected chi connectivity index (χ4v) is 4.32. The molecule has 0 bridgehead atoms. The molecule has 1 saturated carbocycles. The molecule has 1 aliphatic heterocycles. The molecule has 0 N–H and O–H groups in total. The van der Waals surface area contributed by atoms with E-state index < -0.39 is 0 Å². The minimum absolute atomic E-state index is 0.258. The number of nitrogens with zero attached hydrogens (tertiary/aromatic N) is 1. The van der Waals surface area contributed by atoms with Gasteiger partial charge in [0, 0.05) is 18.0 Å². The van der Waals surface area contributed by atoms with Crippen LogP contribution in [-0.4, -0.2) is 22.9 Å². The van der Waals surface area contributed by atoms with E-state index in [4.69, 9.17) is 0 Å². The lowest BCUT2D eigenvalue weighted by Gasteiger charge is -2.33. The van der Waals surface area contributed by atoms with Crippen LogP contribution in [0.15, 0.2) is 0 Å². The van der Waals surface area contributed by atoms with Crippen molar-refractivity contribution in [3.05, 3.63) is 0 Å². The highest BCUT2D eigenvalue weighted by Crippen LogP contribution is 2.43. The fraction of sp³-hybridized carbons (Fsp3) is 0.941. The summed E-state index contributed by atoms with van der Waals surface area (Å²) in [5.41, 5.74) is 0. The molecule has 2 aliphatic rings. The van der Waals surface area contributed by atoms with E-state index in [0.29, 0.717) is 23.9 Å². The maximum atomic E-state index is 12.9. The van der Waals surface area contributed by atoms with E-state index in [1.54, 1.807) is 0 Å². The number of hydrogen-bond donors (Lipinski definition) is 0. The van der Waals surface area contributed by atoms with Gasteiger partial charge in [0.05, 0.1) is 0 Å².